The number of aliphatic imine (C=N–C) groups is 1. The van der Waals surface area contributed by atoms with Crippen molar-refractivity contribution in [2.45, 2.75) is 33.2 Å². The molecule has 1 atom stereocenters. The number of aryl methyl sites for hydroxylation is 1. The predicted molar refractivity (Wildman–Crippen MR) is 125 cm³/mol. The summed E-state index contributed by atoms with van der Waals surface area (Å²) in [5.41, 5.74) is 3.08. The van der Waals surface area contributed by atoms with E-state index in [2.05, 4.69) is 51.5 Å². The maximum atomic E-state index is 5.62. The Kier molecular flexibility index (Phi) is 9.24. The molecule has 0 saturated carbocycles. The van der Waals surface area contributed by atoms with E-state index in [0.29, 0.717) is 18.4 Å². The van der Waals surface area contributed by atoms with Crippen LogP contribution in [0.25, 0.3) is 11.5 Å². The van der Waals surface area contributed by atoms with Gasteiger partial charge in [-0.05, 0) is 50.9 Å². The highest BCUT2D eigenvalue weighted by Gasteiger charge is 2.21. The van der Waals surface area contributed by atoms with Gasteiger partial charge < -0.3 is 20.0 Å². The number of oxazole rings is 1. The number of aromatic nitrogens is 1. The Morgan fingerprint density at radius 1 is 1.29 bits per heavy atom. The van der Waals surface area contributed by atoms with E-state index < -0.39 is 0 Å². The molecule has 2 heterocycles. The summed E-state index contributed by atoms with van der Waals surface area (Å²) in [6, 6.07) is 8.19. The normalized spacial score (nSPS) is 17.4. The van der Waals surface area contributed by atoms with Gasteiger partial charge in [0.1, 0.15) is 6.26 Å². The van der Waals surface area contributed by atoms with Crippen LogP contribution in [0.5, 0.6) is 0 Å². The zero-order chi connectivity index (χ0) is 19.1. The molecule has 7 heteroatoms. The molecule has 1 unspecified atom stereocenters. The Labute approximate surface area is 185 Å². The van der Waals surface area contributed by atoms with Crippen LogP contribution in [0.15, 0.2) is 39.9 Å². The van der Waals surface area contributed by atoms with Crippen LogP contribution >= 0.6 is 24.0 Å². The Morgan fingerprint density at radius 2 is 2.07 bits per heavy atom. The lowest BCUT2D eigenvalue weighted by Crippen LogP contribution is -2.40. The largest absolute Gasteiger partial charge is 0.444 e. The number of likely N-dealkylation sites (tertiary alicyclic amines) is 1. The number of rotatable bonds is 7. The second-order valence-corrected chi connectivity index (χ2v) is 7.27. The van der Waals surface area contributed by atoms with Crippen molar-refractivity contribution in [1.82, 2.24) is 20.5 Å². The summed E-state index contributed by atoms with van der Waals surface area (Å²) in [5, 5.41) is 6.77. The van der Waals surface area contributed by atoms with Crippen LogP contribution in [0, 0.1) is 12.8 Å². The van der Waals surface area contributed by atoms with E-state index in [4.69, 9.17) is 4.42 Å². The van der Waals surface area contributed by atoms with Crippen LogP contribution < -0.4 is 10.6 Å². The highest BCUT2D eigenvalue weighted by atomic mass is 127. The topological polar surface area (TPSA) is 65.7 Å². The summed E-state index contributed by atoms with van der Waals surface area (Å²) in [4.78, 5) is 11.4. The van der Waals surface area contributed by atoms with Crippen molar-refractivity contribution in [2.75, 3.05) is 33.2 Å². The van der Waals surface area contributed by atoms with Crippen molar-refractivity contribution in [3.63, 3.8) is 0 Å². The summed E-state index contributed by atoms with van der Waals surface area (Å²) >= 11 is 0. The fourth-order valence-electron chi connectivity index (χ4n) is 3.45. The molecule has 28 heavy (non-hydrogen) atoms. The first-order chi connectivity index (χ1) is 13.2. The highest BCUT2D eigenvalue weighted by Crippen LogP contribution is 2.19. The van der Waals surface area contributed by atoms with Crippen LogP contribution in [-0.4, -0.2) is 49.1 Å². The Bertz CT molecular complexity index is 744. The fourth-order valence-corrected chi connectivity index (χ4v) is 3.45. The highest BCUT2D eigenvalue weighted by molar-refractivity contribution is 14.0. The molecular formula is C21H32IN5O. The van der Waals surface area contributed by atoms with Gasteiger partial charge in [0.2, 0.25) is 5.89 Å². The van der Waals surface area contributed by atoms with Gasteiger partial charge in [-0.2, -0.15) is 0 Å². The summed E-state index contributed by atoms with van der Waals surface area (Å²) in [6.45, 7) is 9.45. The minimum absolute atomic E-state index is 0. The van der Waals surface area contributed by atoms with Crippen LogP contribution in [-0.2, 0) is 6.54 Å². The van der Waals surface area contributed by atoms with Crippen LogP contribution in [0.1, 0.15) is 31.0 Å². The average molecular weight is 497 g/mol. The van der Waals surface area contributed by atoms with Crippen LogP contribution in [0.4, 0.5) is 0 Å². The Hall–Kier alpha value is -1.61. The maximum Gasteiger partial charge on any atom is 0.226 e. The SMILES string of the molecule is CCCN1CCC(CNC(=NC)NCc2coc(-c3ccc(C)cc3)n2)C1.I. The molecule has 0 bridgehead atoms. The number of guanidine groups is 1. The average Bonchev–Trinajstić information content (AvgIpc) is 3.32. The molecule has 0 amide bonds. The van der Waals surface area contributed by atoms with Crippen molar-refractivity contribution in [2.24, 2.45) is 10.9 Å². The Balaban J connectivity index is 0.00000280. The molecule has 1 fully saturated rings. The fraction of sp³-hybridized carbons (Fsp3) is 0.524. The van der Waals surface area contributed by atoms with Gasteiger partial charge in [0, 0.05) is 25.7 Å². The monoisotopic (exact) mass is 497 g/mol. The first kappa shape index (κ1) is 22.7. The number of benzene rings is 1. The van der Waals surface area contributed by atoms with Crippen molar-refractivity contribution in [1.29, 1.82) is 0 Å². The molecule has 2 N–H and O–H groups in total. The molecule has 154 valence electrons. The zero-order valence-electron chi connectivity index (χ0n) is 17.1. The molecule has 1 aliphatic rings. The van der Waals surface area contributed by atoms with Gasteiger partial charge in [-0.25, -0.2) is 4.98 Å². The van der Waals surface area contributed by atoms with E-state index in [9.17, 15) is 0 Å². The molecule has 3 rings (SSSR count). The molecule has 0 radical (unpaired) electrons. The number of halogens is 1. The lowest BCUT2D eigenvalue weighted by atomic mass is 10.1. The molecule has 6 nitrogen and oxygen atoms in total. The number of hydrogen-bond donors (Lipinski definition) is 2. The molecule has 0 spiro atoms. The summed E-state index contributed by atoms with van der Waals surface area (Å²) < 4.78 is 5.62. The van der Waals surface area contributed by atoms with Gasteiger partial charge in [-0.3, -0.25) is 4.99 Å². The zero-order valence-corrected chi connectivity index (χ0v) is 19.4. The van der Waals surface area contributed by atoms with E-state index >= 15 is 0 Å². The number of nitrogens with zero attached hydrogens (tertiary/aromatic N) is 3. The Morgan fingerprint density at radius 3 is 2.79 bits per heavy atom. The van der Waals surface area contributed by atoms with Gasteiger partial charge in [0.25, 0.3) is 0 Å². The third kappa shape index (κ3) is 6.48. The molecular weight excluding hydrogens is 465 g/mol. The molecule has 1 aromatic heterocycles. The standard InChI is InChI=1S/C21H31N5O.HI/c1-4-10-26-11-9-17(14-26)12-23-21(22-3)24-13-19-15-27-20(25-19)18-7-5-16(2)6-8-18;/h5-8,15,17H,4,9-14H2,1-3H3,(H2,22,23,24);1H. The van der Waals surface area contributed by atoms with Gasteiger partial charge in [0.15, 0.2) is 5.96 Å². The number of hydrogen-bond acceptors (Lipinski definition) is 4. The minimum Gasteiger partial charge on any atom is -0.444 e. The van der Waals surface area contributed by atoms with E-state index in [1.807, 2.05) is 12.1 Å². The van der Waals surface area contributed by atoms with Gasteiger partial charge >= 0.3 is 0 Å². The summed E-state index contributed by atoms with van der Waals surface area (Å²) in [5.74, 6) is 2.15. The summed E-state index contributed by atoms with van der Waals surface area (Å²) in [7, 11) is 1.80. The van der Waals surface area contributed by atoms with Crippen molar-refractivity contribution < 1.29 is 4.42 Å². The van der Waals surface area contributed by atoms with E-state index in [-0.39, 0.29) is 24.0 Å². The van der Waals surface area contributed by atoms with Crippen molar-refractivity contribution in [3.8, 4) is 11.5 Å². The van der Waals surface area contributed by atoms with E-state index in [1.54, 1.807) is 13.3 Å². The molecule has 1 aromatic carbocycles. The predicted octanol–water partition coefficient (Wildman–Crippen LogP) is 3.66. The number of nitrogens with one attached hydrogen (secondary N) is 2. The van der Waals surface area contributed by atoms with Crippen LogP contribution in [0.3, 0.4) is 0 Å². The van der Waals surface area contributed by atoms with Gasteiger partial charge in [-0.1, -0.05) is 24.6 Å². The van der Waals surface area contributed by atoms with E-state index in [0.717, 1.165) is 23.8 Å². The first-order valence-electron chi connectivity index (χ1n) is 9.86. The lowest BCUT2D eigenvalue weighted by molar-refractivity contribution is 0.324. The van der Waals surface area contributed by atoms with E-state index in [1.165, 1.54) is 38.0 Å². The molecule has 0 aliphatic carbocycles. The van der Waals surface area contributed by atoms with Crippen molar-refractivity contribution >= 4 is 29.9 Å². The van der Waals surface area contributed by atoms with Crippen molar-refractivity contribution in [3.05, 3.63) is 41.8 Å². The van der Waals surface area contributed by atoms with Gasteiger partial charge in [0.05, 0.1) is 12.2 Å². The second-order valence-electron chi connectivity index (χ2n) is 7.27. The molecule has 1 saturated heterocycles. The van der Waals surface area contributed by atoms with Crippen LogP contribution in [0.2, 0.25) is 0 Å². The third-order valence-electron chi connectivity index (χ3n) is 4.98. The smallest absolute Gasteiger partial charge is 0.226 e. The quantitative estimate of drug-likeness (QED) is 0.347. The van der Waals surface area contributed by atoms with Gasteiger partial charge in [-0.15, -0.1) is 24.0 Å². The minimum atomic E-state index is 0. The third-order valence-corrected chi connectivity index (χ3v) is 4.98. The summed E-state index contributed by atoms with van der Waals surface area (Å²) in [6.07, 6.45) is 4.19. The lowest BCUT2D eigenvalue weighted by Gasteiger charge is -2.16. The molecule has 1 aliphatic heterocycles. The second kappa shape index (κ2) is 11.4. The first-order valence-corrected chi connectivity index (χ1v) is 9.86. The maximum absolute atomic E-state index is 5.62. The molecule has 2 aromatic rings.